The first-order valence-electron chi connectivity index (χ1n) is 7.08. The highest BCUT2D eigenvalue weighted by atomic mass is 32.1. The van der Waals surface area contributed by atoms with E-state index in [4.69, 9.17) is 4.74 Å². The minimum atomic E-state index is 0.470. The minimum Gasteiger partial charge on any atom is -0.496 e. The fraction of sp³-hybridized carbons (Fsp3) is 0.733. The molecule has 0 saturated heterocycles. The molecule has 102 valence electrons. The van der Waals surface area contributed by atoms with Gasteiger partial charge in [-0.1, -0.05) is 26.2 Å². The molecule has 0 bridgehead atoms. The van der Waals surface area contributed by atoms with Gasteiger partial charge in [0.15, 0.2) is 0 Å². The van der Waals surface area contributed by atoms with Gasteiger partial charge in [-0.05, 0) is 43.2 Å². The van der Waals surface area contributed by atoms with E-state index in [2.05, 4.69) is 30.7 Å². The lowest BCUT2D eigenvalue weighted by Gasteiger charge is -2.33. The van der Waals surface area contributed by atoms with Crippen molar-refractivity contribution < 1.29 is 4.74 Å². The molecule has 1 heterocycles. The molecule has 1 aliphatic rings. The Morgan fingerprint density at radius 3 is 2.67 bits per heavy atom. The molecule has 1 aromatic rings. The predicted molar refractivity (Wildman–Crippen MR) is 78.4 cm³/mol. The van der Waals surface area contributed by atoms with Crippen LogP contribution in [0.1, 0.15) is 49.9 Å². The van der Waals surface area contributed by atoms with E-state index in [0.717, 1.165) is 17.6 Å². The van der Waals surface area contributed by atoms with Crippen molar-refractivity contribution in [1.82, 2.24) is 5.32 Å². The van der Waals surface area contributed by atoms with E-state index >= 15 is 0 Å². The molecule has 1 saturated carbocycles. The molecular weight excluding hydrogens is 242 g/mol. The Hall–Kier alpha value is -0.540. The Balaban J connectivity index is 2.05. The number of rotatable bonds is 5. The first kappa shape index (κ1) is 13.9. The molecule has 1 fully saturated rings. The van der Waals surface area contributed by atoms with E-state index in [1.54, 1.807) is 7.11 Å². The van der Waals surface area contributed by atoms with Crippen LogP contribution >= 0.6 is 11.3 Å². The average Bonchev–Trinajstić information content (AvgIpc) is 2.89. The maximum absolute atomic E-state index is 5.47. The van der Waals surface area contributed by atoms with Crippen molar-refractivity contribution in [2.75, 3.05) is 14.2 Å². The smallest absolute Gasteiger partial charge is 0.134 e. The first-order chi connectivity index (χ1) is 8.80. The lowest BCUT2D eigenvalue weighted by atomic mass is 9.77. The number of ether oxygens (including phenoxy) is 1. The zero-order valence-corrected chi connectivity index (χ0v) is 12.6. The van der Waals surface area contributed by atoms with E-state index in [1.165, 1.54) is 37.0 Å². The van der Waals surface area contributed by atoms with Gasteiger partial charge in [0.2, 0.25) is 0 Å². The van der Waals surface area contributed by atoms with Gasteiger partial charge in [0, 0.05) is 6.04 Å². The van der Waals surface area contributed by atoms with Gasteiger partial charge in [-0.25, -0.2) is 0 Å². The van der Waals surface area contributed by atoms with Gasteiger partial charge >= 0.3 is 0 Å². The summed E-state index contributed by atoms with van der Waals surface area (Å²) in [6, 6.07) is 2.56. The number of methoxy groups -OCH3 is 1. The molecule has 18 heavy (non-hydrogen) atoms. The maximum Gasteiger partial charge on any atom is 0.134 e. The normalized spacial score (nSPS) is 25.9. The van der Waals surface area contributed by atoms with Crippen molar-refractivity contribution in [3.8, 4) is 5.75 Å². The van der Waals surface area contributed by atoms with Crippen LogP contribution in [0.25, 0.3) is 0 Å². The van der Waals surface area contributed by atoms with Crippen LogP contribution in [-0.4, -0.2) is 14.2 Å². The molecule has 1 N–H and O–H groups in total. The van der Waals surface area contributed by atoms with Gasteiger partial charge in [-0.3, -0.25) is 0 Å². The van der Waals surface area contributed by atoms with E-state index in [-0.39, 0.29) is 0 Å². The third kappa shape index (κ3) is 2.89. The van der Waals surface area contributed by atoms with Crippen molar-refractivity contribution in [3.63, 3.8) is 0 Å². The van der Waals surface area contributed by atoms with E-state index < -0.39 is 0 Å². The maximum atomic E-state index is 5.47. The summed E-state index contributed by atoms with van der Waals surface area (Å²) in [7, 11) is 3.85. The SMILES string of the molecule is CCC1CCC(C(NC)c2sccc2OC)CC1. The van der Waals surface area contributed by atoms with Crippen LogP contribution in [0.3, 0.4) is 0 Å². The molecule has 0 aromatic carbocycles. The zero-order valence-electron chi connectivity index (χ0n) is 11.7. The lowest BCUT2D eigenvalue weighted by Crippen LogP contribution is -2.28. The summed E-state index contributed by atoms with van der Waals surface area (Å²) in [5.41, 5.74) is 0. The third-order valence-corrected chi connectivity index (χ3v) is 5.39. The van der Waals surface area contributed by atoms with Crippen LogP contribution in [0.2, 0.25) is 0 Å². The Morgan fingerprint density at radius 2 is 2.11 bits per heavy atom. The van der Waals surface area contributed by atoms with E-state index in [9.17, 15) is 0 Å². The first-order valence-corrected chi connectivity index (χ1v) is 7.96. The second kappa shape index (κ2) is 6.58. The zero-order chi connectivity index (χ0) is 13.0. The average molecular weight is 267 g/mol. The van der Waals surface area contributed by atoms with E-state index in [1.807, 2.05) is 11.3 Å². The molecule has 0 radical (unpaired) electrons. The molecule has 1 unspecified atom stereocenters. The molecule has 0 aliphatic heterocycles. The predicted octanol–water partition coefficient (Wildman–Crippen LogP) is 4.23. The second-order valence-corrected chi connectivity index (χ2v) is 6.26. The summed E-state index contributed by atoms with van der Waals surface area (Å²) in [5, 5.41) is 5.65. The lowest BCUT2D eigenvalue weighted by molar-refractivity contribution is 0.223. The highest BCUT2D eigenvalue weighted by Gasteiger charge is 2.29. The van der Waals surface area contributed by atoms with Crippen LogP contribution in [0.15, 0.2) is 11.4 Å². The minimum absolute atomic E-state index is 0.470. The number of hydrogen-bond acceptors (Lipinski definition) is 3. The Kier molecular flexibility index (Phi) is 5.07. The van der Waals surface area contributed by atoms with Crippen molar-refractivity contribution in [2.45, 2.75) is 45.1 Å². The topological polar surface area (TPSA) is 21.3 Å². The molecule has 1 aliphatic carbocycles. The molecule has 2 nitrogen and oxygen atoms in total. The number of nitrogens with one attached hydrogen (secondary N) is 1. The van der Waals surface area contributed by atoms with Crippen LogP contribution in [0.5, 0.6) is 5.75 Å². The van der Waals surface area contributed by atoms with Crippen molar-refractivity contribution in [3.05, 3.63) is 16.3 Å². The second-order valence-electron chi connectivity index (χ2n) is 5.31. The largest absolute Gasteiger partial charge is 0.496 e. The van der Waals surface area contributed by atoms with Crippen molar-refractivity contribution in [2.24, 2.45) is 11.8 Å². The highest BCUT2D eigenvalue weighted by Crippen LogP contribution is 2.42. The summed E-state index contributed by atoms with van der Waals surface area (Å²) in [6.07, 6.45) is 6.84. The molecule has 3 heteroatoms. The fourth-order valence-corrected chi connectivity index (χ4v) is 4.28. The fourth-order valence-electron chi connectivity index (χ4n) is 3.22. The molecule has 1 atom stereocenters. The van der Waals surface area contributed by atoms with Gasteiger partial charge < -0.3 is 10.1 Å². The van der Waals surface area contributed by atoms with Crippen LogP contribution < -0.4 is 10.1 Å². The number of thiophene rings is 1. The van der Waals surface area contributed by atoms with Gasteiger partial charge in [0.05, 0.1) is 12.0 Å². The monoisotopic (exact) mass is 267 g/mol. The van der Waals surface area contributed by atoms with Crippen molar-refractivity contribution in [1.29, 1.82) is 0 Å². The van der Waals surface area contributed by atoms with E-state index in [0.29, 0.717) is 6.04 Å². The standard InChI is InChI=1S/C15H25NOS/c1-4-11-5-7-12(8-6-11)14(16-2)15-13(17-3)9-10-18-15/h9-12,14,16H,4-8H2,1-3H3. The van der Waals surface area contributed by atoms with Gasteiger partial charge in [-0.15, -0.1) is 11.3 Å². The summed E-state index contributed by atoms with van der Waals surface area (Å²) in [4.78, 5) is 1.37. The quantitative estimate of drug-likeness (QED) is 0.862. The summed E-state index contributed by atoms with van der Waals surface area (Å²) in [5.74, 6) is 2.78. The Bertz CT molecular complexity index is 355. The molecule has 0 spiro atoms. The van der Waals surface area contributed by atoms with Gasteiger partial charge in [0.25, 0.3) is 0 Å². The van der Waals surface area contributed by atoms with Crippen LogP contribution in [0.4, 0.5) is 0 Å². The Labute approximate surface area is 115 Å². The van der Waals surface area contributed by atoms with Crippen molar-refractivity contribution >= 4 is 11.3 Å². The molecule has 0 amide bonds. The van der Waals surface area contributed by atoms with Gasteiger partial charge in [-0.2, -0.15) is 0 Å². The van der Waals surface area contributed by atoms with Gasteiger partial charge in [0.1, 0.15) is 5.75 Å². The molecule has 1 aromatic heterocycles. The number of hydrogen-bond donors (Lipinski definition) is 1. The molecular formula is C15H25NOS. The molecule has 2 rings (SSSR count). The summed E-state index contributed by atoms with van der Waals surface area (Å²) in [6.45, 7) is 2.32. The summed E-state index contributed by atoms with van der Waals surface area (Å²) >= 11 is 1.82. The van der Waals surface area contributed by atoms with Crippen LogP contribution in [0, 0.1) is 11.8 Å². The summed E-state index contributed by atoms with van der Waals surface area (Å²) < 4.78 is 5.47. The van der Waals surface area contributed by atoms with Crippen LogP contribution in [-0.2, 0) is 0 Å². The Morgan fingerprint density at radius 1 is 1.39 bits per heavy atom. The third-order valence-electron chi connectivity index (χ3n) is 4.41. The highest BCUT2D eigenvalue weighted by molar-refractivity contribution is 7.10.